The average molecular weight is 284 g/mol. The summed E-state index contributed by atoms with van der Waals surface area (Å²) in [5.41, 5.74) is 0. The van der Waals surface area contributed by atoms with Crippen LogP contribution in [0.1, 0.15) is 20.8 Å². The lowest BCUT2D eigenvalue weighted by atomic mass is 10.2. The minimum atomic E-state index is -0.815. The van der Waals surface area contributed by atoms with E-state index in [-0.39, 0.29) is 24.7 Å². The number of phenols is 2. The Kier molecular flexibility index (Phi) is 8.58. The Hall–Kier alpha value is -2.24. The van der Waals surface area contributed by atoms with Gasteiger partial charge in [0.25, 0.3) is 0 Å². The standard InChI is InChI=1S/C8H14O4.C6H6O2/c1-4-11-7(9)6(3)8(10)12-5-2;7-5-3-1-2-4-6(5)8/h6H,4-5H2,1-3H3;1-4,7-8H. The maximum Gasteiger partial charge on any atom is 0.320 e. The van der Waals surface area contributed by atoms with Gasteiger partial charge in [-0.25, -0.2) is 0 Å². The van der Waals surface area contributed by atoms with E-state index in [0.29, 0.717) is 0 Å². The molecule has 0 saturated heterocycles. The molecule has 0 aliphatic carbocycles. The van der Waals surface area contributed by atoms with Crippen LogP contribution in [0.2, 0.25) is 0 Å². The molecule has 0 saturated carbocycles. The Morgan fingerprint density at radius 2 is 1.35 bits per heavy atom. The van der Waals surface area contributed by atoms with Crippen molar-refractivity contribution in [2.45, 2.75) is 20.8 Å². The number of rotatable bonds is 4. The van der Waals surface area contributed by atoms with E-state index < -0.39 is 17.9 Å². The third kappa shape index (κ3) is 6.63. The third-order valence-corrected chi connectivity index (χ3v) is 2.16. The summed E-state index contributed by atoms with van der Waals surface area (Å²) in [6, 6.07) is 6.15. The van der Waals surface area contributed by atoms with Crippen LogP contribution in [0.3, 0.4) is 0 Å². The van der Waals surface area contributed by atoms with Crippen molar-refractivity contribution in [3.05, 3.63) is 24.3 Å². The minimum Gasteiger partial charge on any atom is -0.504 e. The van der Waals surface area contributed by atoms with Crippen molar-refractivity contribution in [2.75, 3.05) is 13.2 Å². The summed E-state index contributed by atoms with van der Waals surface area (Å²) in [4.78, 5) is 21.9. The molecule has 0 bridgehead atoms. The van der Waals surface area contributed by atoms with Crippen molar-refractivity contribution in [1.29, 1.82) is 0 Å². The van der Waals surface area contributed by atoms with Gasteiger partial charge in [-0.3, -0.25) is 9.59 Å². The average Bonchev–Trinajstić information content (AvgIpc) is 2.42. The van der Waals surface area contributed by atoms with Gasteiger partial charge in [-0.1, -0.05) is 12.1 Å². The monoisotopic (exact) mass is 284 g/mol. The zero-order valence-electron chi connectivity index (χ0n) is 11.8. The highest BCUT2D eigenvalue weighted by molar-refractivity contribution is 5.94. The van der Waals surface area contributed by atoms with Crippen LogP contribution >= 0.6 is 0 Å². The molecule has 0 spiro atoms. The lowest BCUT2D eigenvalue weighted by Gasteiger charge is -2.08. The number of benzene rings is 1. The van der Waals surface area contributed by atoms with E-state index in [1.54, 1.807) is 26.0 Å². The molecule has 6 nitrogen and oxygen atoms in total. The van der Waals surface area contributed by atoms with Crippen molar-refractivity contribution < 1.29 is 29.3 Å². The molecule has 112 valence electrons. The molecule has 20 heavy (non-hydrogen) atoms. The highest BCUT2D eigenvalue weighted by Gasteiger charge is 2.23. The first-order valence-electron chi connectivity index (χ1n) is 6.24. The molecule has 0 aliphatic heterocycles. The highest BCUT2D eigenvalue weighted by atomic mass is 16.6. The molecule has 0 amide bonds. The summed E-state index contributed by atoms with van der Waals surface area (Å²) in [5.74, 6) is -2.03. The summed E-state index contributed by atoms with van der Waals surface area (Å²) in [7, 11) is 0. The fourth-order valence-electron chi connectivity index (χ4n) is 1.09. The lowest BCUT2D eigenvalue weighted by Crippen LogP contribution is -2.25. The maximum absolute atomic E-state index is 10.9. The molecule has 2 N–H and O–H groups in total. The Balaban J connectivity index is 0.000000388. The number of phenolic OH excluding ortho intramolecular Hbond substituents is 2. The molecule has 0 fully saturated rings. The molecule has 0 aromatic heterocycles. The Labute approximate surface area is 117 Å². The molecule has 6 heteroatoms. The van der Waals surface area contributed by atoms with Crippen LogP contribution in [0.5, 0.6) is 11.5 Å². The van der Waals surface area contributed by atoms with Gasteiger partial charge in [-0.15, -0.1) is 0 Å². The number of hydrogen-bond acceptors (Lipinski definition) is 6. The van der Waals surface area contributed by atoms with Gasteiger partial charge in [0.15, 0.2) is 17.4 Å². The predicted octanol–water partition coefficient (Wildman–Crippen LogP) is 1.85. The van der Waals surface area contributed by atoms with Gasteiger partial charge < -0.3 is 19.7 Å². The summed E-state index contributed by atoms with van der Waals surface area (Å²) in [6.07, 6.45) is 0. The molecule has 1 rings (SSSR count). The summed E-state index contributed by atoms with van der Waals surface area (Å²) >= 11 is 0. The zero-order chi connectivity index (χ0) is 15.5. The van der Waals surface area contributed by atoms with Crippen LogP contribution < -0.4 is 0 Å². The second-order valence-electron chi connectivity index (χ2n) is 3.71. The molecule has 0 heterocycles. The quantitative estimate of drug-likeness (QED) is 0.498. The van der Waals surface area contributed by atoms with Crippen molar-refractivity contribution >= 4 is 11.9 Å². The molecule has 0 aliphatic rings. The third-order valence-electron chi connectivity index (χ3n) is 2.16. The van der Waals surface area contributed by atoms with Gasteiger partial charge in [-0.2, -0.15) is 0 Å². The second-order valence-corrected chi connectivity index (χ2v) is 3.71. The second kappa shape index (κ2) is 9.66. The molecular formula is C14H20O6. The van der Waals surface area contributed by atoms with E-state index in [1.807, 2.05) is 0 Å². The van der Waals surface area contributed by atoms with E-state index in [4.69, 9.17) is 10.2 Å². The van der Waals surface area contributed by atoms with E-state index in [2.05, 4.69) is 9.47 Å². The first-order valence-corrected chi connectivity index (χ1v) is 6.24. The molecule has 0 radical (unpaired) electrons. The predicted molar refractivity (Wildman–Crippen MR) is 72.2 cm³/mol. The van der Waals surface area contributed by atoms with Crippen LogP contribution in [0, 0.1) is 5.92 Å². The van der Waals surface area contributed by atoms with Gasteiger partial charge in [0.2, 0.25) is 0 Å². The van der Waals surface area contributed by atoms with E-state index in [9.17, 15) is 9.59 Å². The zero-order valence-corrected chi connectivity index (χ0v) is 11.8. The SMILES string of the molecule is CCOC(=O)C(C)C(=O)OCC.Oc1ccccc1O. The van der Waals surface area contributed by atoms with E-state index in [0.717, 1.165) is 0 Å². The normalized spacial score (nSPS) is 9.40. The first-order chi connectivity index (χ1) is 9.43. The van der Waals surface area contributed by atoms with Gasteiger partial charge >= 0.3 is 11.9 Å². The molecule has 0 unspecified atom stereocenters. The van der Waals surface area contributed by atoms with Crippen molar-refractivity contribution in [2.24, 2.45) is 5.92 Å². The number of para-hydroxylation sites is 2. The van der Waals surface area contributed by atoms with Crippen molar-refractivity contribution in [3.63, 3.8) is 0 Å². The summed E-state index contributed by atoms with van der Waals surface area (Å²) < 4.78 is 9.26. The van der Waals surface area contributed by atoms with Crippen LogP contribution in [-0.2, 0) is 19.1 Å². The summed E-state index contributed by atoms with van der Waals surface area (Å²) in [5, 5.41) is 17.3. The van der Waals surface area contributed by atoms with Gasteiger partial charge in [0, 0.05) is 0 Å². The number of carbonyl (C=O) groups excluding carboxylic acids is 2. The van der Waals surface area contributed by atoms with Gasteiger partial charge in [0.05, 0.1) is 13.2 Å². The van der Waals surface area contributed by atoms with E-state index in [1.165, 1.54) is 19.1 Å². The van der Waals surface area contributed by atoms with Crippen LogP contribution in [0.25, 0.3) is 0 Å². The fourth-order valence-corrected chi connectivity index (χ4v) is 1.09. The van der Waals surface area contributed by atoms with Gasteiger partial charge in [0.1, 0.15) is 0 Å². The largest absolute Gasteiger partial charge is 0.504 e. The molecule has 0 atom stereocenters. The Bertz CT molecular complexity index is 390. The molecule has 1 aromatic rings. The lowest BCUT2D eigenvalue weighted by molar-refractivity contribution is -0.160. The Morgan fingerprint density at radius 1 is 1.00 bits per heavy atom. The highest BCUT2D eigenvalue weighted by Crippen LogP contribution is 2.21. The molecule has 1 aromatic carbocycles. The maximum atomic E-state index is 10.9. The number of carbonyl (C=O) groups is 2. The number of ether oxygens (including phenoxy) is 2. The van der Waals surface area contributed by atoms with Gasteiger partial charge in [-0.05, 0) is 32.9 Å². The van der Waals surface area contributed by atoms with E-state index >= 15 is 0 Å². The number of hydrogen-bond donors (Lipinski definition) is 2. The Morgan fingerprint density at radius 3 is 1.60 bits per heavy atom. The van der Waals surface area contributed by atoms with Crippen LogP contribution in [0.4, 0.5) is 0 Å². The van der Waals surface area contributed by atoms with Crippen molar-refractivity contribution in [3.8, 4) is 11.5 Å². The fraction of sp³-hybridized carbons (Fsp3) is 0.429. The van der Waals surface area contributed by atoms with Crippen molar-refractivity contribution in [1.82, 2.24) is 0 Å². The van der Waals surface area contributed by atoms with Crippen LogP contribution in [0.15, 0.2) is 24.3 Å². The number of esters is 2. The number of aromatic hydroxyl groups is 2. The topological polar surface area (TPSA) is 93.1 Å². The summed E-state index contributed by atoms with van der Waals surface area (Å²) in [6.45, 7) is 5.41. The minimum absolute atomic E-state index is 0.0764. The van der Waals surface area contributed by atoms with Crippen LogP contribution in [-0.4, -0.2) is 35.4 Å². The molecular weight excluding hydrogens is 264 g/mol. The smallest absolute Gasteiger partial charge is 0.320 e. The first kappa shape index (κ1) is 17.8.